The zero-order chi connectivity index (χ0) is 14.8. The predicted molar refractivity (Wildman–Crippen MR) is 87.2 cm³/mol. The highest BCUT2D eigenvalue weighted by Gasteiger charge is 2.06. The molecule has 0 spiro atoms. The van der Waals surface area contributed by atoms with Gasteiger partial charge >= 0.3 is 0 Å². The highest BCUT2D eigenvalue weighted by atomic mass is 35.5. The minimum absolute atomic E-state index is 0.0824. The number of aromatic hydroxyl groups is 1. The van der Waals surface area contributed by atoms with Crippen LogP contribution < -0.4 is 5.32 Å². The van der Waals surface area contributed by atoms with E-state index in [2.05, 4.69) is 10.3 Å². The van der Waals surface area contributed by atoms with Gasteiger partial charge in [0.15, 0.2) is 0 Å². The topological polar surface area (TPSA) is 45.1 Å². The Morgan fingerprint density at radius 1 is 1.05 bits per heavy atom. The molecule has 2 aromatic carbocycles. The van der Waals surface area contributed by atoms with Crippen LogP contribution in [0.15, 0.2) is 48.7 Å². The average Bonchev–Trinajstić information content (AvgIpc) is 2.50. The highest BCUT2D eigenvalue weighted by molar-refractivity contribution is 6.35. The highest BCUT2D eigenvalue weighted by Crippen LogP contribution is 2.29. The van der Waals surface area contributed by atoms with Gasteiger partial charge in [-0.25, -0.2) is 0 Å². The summed E-state index contributed by atoms with van der Waals surface area (Å²) in [5.74, 6) is 0.0824. The monoisotopic (exact) mass is 318 g/mol. The Morgan fingerprint density at radius 2 is 1.90 bits per heavy atom. The van der Waals surface area contributed by atoms with E-state index in [0.717, 1.165) is 22.2 Å². The maximum atomic E-state index is 9.42. The molecular formula is C16H12Cl2N2O. The number of hydrogen-bond acceptors (Lipinski definition) is 3. The third kappa shape index (κ3) is 2.89. The summed E-state index contributed by atoms with van der Waals surface area (Å²) in [6.45, 7) is 0.577. The van der Waals surface area contributed by atoms with E-state index in [1.165, 1.54) is 0 Å². The maximum absolute atomic E-state index is 9.42. The van der Waals surface area contributed by atoms with Crippen molar-refractivity contribution in [3.05, 3.63) is 64.3 Å². The zero-order valence-electron chi connectivity index (χ0n) is 11.0. The van der Waals surface area contributed by atoms with Gasteiger partial charge in [-0.15, -0.1) is 0 Å². The lowest BCUT2D eigenvalue weighted by Gasteiger charge is -2.10. The number of aromatic nitrogens is 1. The van der Waals surface area contributed by atoms with Gasteiger partial charge in [0.05, 0.1) is 21.2 Å². The molecule has 5 heteroatoms. The quantitative estimate of drug-likeness (QED) is 0.725. The SMILES string of the molecule is Oc1ccc(CNc2ccc(Cl)c3cccnc23)cc1Cl. The second-order valence-electron chi connectivity index (χ2n) is 4.63. The number of halogens is 2. The molecule has 0 radical (unpaired) electrons. The number of benzene rings is 2. The molecule has 0 unspecified atom stereocenters. The molecular weight excluding hydrogens is 307 g/mol. The Kier molecular flexibility index (Phi) is 3.86. The Labute approximate surface area is 132 Å². The molecule has 1 heterocycles. The molecule has 0 amide bonds. The first-order valence-electron chi connectivity index (χ1n) is 6.39. The number of hydrogen-bond donors (Lipinski definition) is 2. The van der Waals surface area contributed by atoms with Crippen LogP contribution in [0.4, 0.5) is 5.69 Å². The number of anilines is 1. The molecule has 1 aromatic heterocycles. The molecule has 0 aliphatic heterocycles. The largest absolute Gasteiger partial charge is 0.506 e. The summed E-state index contributed by atoms with van der Waals surface area (Å²) >= 11 is 12.1. The van der Waals surface area contributed by atoms with Crippen molar-refractivity contribution in [2.24, 2.45) is 0 Å². The second kappa shape index (κ2) is 5.80. The van der Waals surface area contributed by atoms with Gasteiger partial charge in [0.25, 0.3) is 0 Å². The molecule has 3 aromatic rings. The summed E-state index contributed by atoms with van der Waals surface area (Å²) in [5.41, 5.74) is 2.70. The van der Waals surface area contributed by atoms with E-state index in [1.807, 2.05) is 30.3 Å². The minimum Gasteiger partial charge on any atom is -0.506 e. The van der Waals surface area contributed by atoms with E-state index in [1.54, 1.807) is 18.3 Å². The molecule has 0 aliphatic carbocycles. The third-order valence-electron chi connectivity index (χ3n) is 3.21. The van der Waals surface area contributed by atoms with E-state index in [0.29, 0.717) is 16.6 Å². The smallest absolute Gasteiger partial charge is 0.134 e. The number of nitrogens with one attached hydrogen (secondary N) is 1. The van der Waals surface area contributed by atoms with Crippen LogP contribution in [0.3, 0.4) is 0 Å². The lowest BCUT2D eigenvalue weighted by atomic mass is 10.1. The molecule has 0 saturated heterocycles. The van der Waals surface area contributed by atoms with Gasteiger partial charge in [-0.05, 0) is 42.0 Å². The summed E-state index contributed by atoms with van der Waals surface area (Å²) in [4.78, 5) is 4.37. The minimum atomic E-state index is 0.0824. The van der Waals surface area contributed by atoms with Gasteiger partial charge in [-0.2, -0.15) is 0 Å². The van der Waals surface area contributed by atoms with Crippen molar-refractivity contribution >= 4 is 39.8 Å². The van der Waals surface area contributed by atoms with Gasteiger partial charge < -0.3 is 10.4 Å². The van der Waals surface area contributed by atoms with Crippen molar-refractivity contribution < 1.29 is 5.11 Å². The summed E-state index contributed by atoms with van der Waals surface area (Å²) < 4.78 is 0. The Morgan fingerprint density at radius 3 is 2.71 bits per heavy atom. The van der Waals surface area contributed by atoms with Gasteiger partial charge in [0.2, 0.25) is 0 Å². The van der Waals surface area contributed by atoms with Crippen LogP contribution >= 0.6 is 23.2 Å². The van der Waals surface area contributed by atoms with Crippen molar-refractivity contribution in [2.45, 2.75) is 6.54 Å². The normalized spacial score (nSPS) is 10.8. The second-order valence-corrected chi connectivity index (χ2v) is 5.45. The van der Waals surface area contributed by atoms with Crippen molar-refractivity contribution in [3.63, 3.8) is 0 Å². The van der Waals surface area contributed by atoms with Crippen molar-refractivity contribution in [2.75, 3.05) is 5.32 Å². The lowest BCUT2D eigenvalue weighted by molar-refractivity contribution is 0.475. The molecule has 3 nitrogen and oxygen atoms in total. The summed E-state index contributed by atoms with van der Waals surface area (Å²) in [6.07, 6.45) is 1.74. The van der Waals surface area contributed by atoms with Gasteiger partial charge in [-0.3, -0.25) is 4.98 Å². The molecule has 0 saturated carbocycles. The van der Waals surface area contributed by atoms with E-state index >= 15 is 0 Å². The van der Waals surface area contributed by atoms with E-state index in [-0.39, 0.29) is 5.75 Å². The molecule has 0 fully saturated rings. The fourth-order valence-electron chi connectivity index (χ4n) is 2.14. The first-order valence-corrected chi connectivity index (χ1v) is 7.15. The first-order chi connectivity index (χ1) is 10.1. The van der Waals surface area contributed by atoms with Gasteiger partial charge in [0, 0.05) is 18.1 Å². The molecule has 3 rings (SSSR count). The fourth-order valence-corrected chi connectivity index (χ4v) is 2.56. The van der Waals surface area contributed by atoms with Gasteiger partial charge in [0.1, 0.15) is 5.75 Å². The summed E-state index contributed by atoms with van der Waals surface area (Å²) in [5, 5.41) is 14.7. The van der Waals surface area contributed by atoms with Crippen LogP contribution in [0.1, 0.15) is 5.56 Å². The molecule has 2 N–H and O–H groups in total. The molecule has 21 heavy (non-hydrogen) atoms. The van der Waals surface area contributed by atoms with Crippen LogP contribution in [-0.4, -0.2) is 10.1 Å². The van der Waals surface area contributed by atoms with Crippen LogP contribution in [0.25, 0.3) is 10.9 Å². The lowest BCUT2D eigenvalue weighted by Crippen LogP contribution is -2.00. The van der Waals surface area contributed by atoms with Crippen LogP contribution in [0.5, 0.6) is 5.75 Å². The number of pyridine rings is 1. The Bertz CT molecular complexity index is 805. The fraction of sp³-hybridized carbons (Fsp3) is 0.0625. The zero-order valence-corrected chi connectivity index (χ0v) is 12.5. The first kappa shape index (κ1) is 14.0. The average molecular weight is 319 g/mol. The van der Waals surface area contributed by atoms with Crippen molar-refractivity contribution in [1.82, 2.24) is 4.98 Å². The number of phenolic OH excluding ortho intramolecular Hbond substituents is 1. The molecule has 0 atom stereocenters. The molecule has 106 valence electrons. The molecule has 0 bridgehead atoms. The van der Waals surface area contributed by atoms with E-state index in [9.17, 15) is 5.11 Å². The van der Waals surface area contributed by atoms with Crippen LogP contribution in [0, 0.1) is 0 Å². The Balaban J connectivity index is 1.88. The van der Waals surface area contributed by atoms with Gasteiger partial charge in [-0.1, -0.05) is 29.3 Å². The number of rotatable bonds is 3. The molecule has 0 aliphatic rings. The van der Waals surface area contributed by atoms with Crippen LogP contribution in [-0.2, 0) is 6.54 Å². The van der Waals surface area contributed by atoms with E-state index in [4.69, 9.17) is 23.2 Å². The van der Waals surface area contributed by atoms with Crippen LogP contribution in [0.2, 0.25) is 10.0 Å². The van der Waals surface area contributed by atoms with Crippen molar-refractivity contribution in [3.8, 4) is 5.75 Å². The van der Waals surface area contributed by atoms with Crippen molar-refractivity contribution in [1.29, 1.82) is 0 Å². The number of nitrogens with zero attached hydrogens (tertiary/aromatic N) is 1. The predicted octanol–water partition coefficient (Wildman–Crippen LogP) is 4.86. The number of fused-ring (bicyclic) bond motifs is 1. The van der Waals surface area contributed by atoms with E-state index < -0.39 is 0 Å². The number of phenols is 1. The third-order valence-corrected chi connectivity index (χ3v) is 3.84. The summed E-state index contributed by atoms with van der Waals surface area (Å²) in [7, 11) is 0. The maximum Gasteiger partial charge on any atom is 0.134 e. The summed E-state index contributed by atoms with van der Waals surface area (Å²) in [6, 6.07) is 12.7. The Hall–Kier alpha value is -1.97. The standard InChI is InChI=1S/C16H12Cl2N2O/c17-12-4-5-14(16-11(12)2-1-7-19-16)20-9-10-3-6-15(21)13(18)8-10/h1-8,20-21H,9H2.